The van der Waals surface area contributed by atoms with Gasteiger partial charge in [0, 0.05) is 10.9 Å². The molecule has 2 aromatic rings. The van der Waals surface area contributed by atoms with Crippen LogP contribution < -0.4 is 4.74 Å². The molecule has 0 fully saturated rings. The highest BCUT2D eigenvalue weighted by molar-refractivity contribution is 7.13. The molecule has 1 aromatic carbocycles. The lowest BCUT2D eigenvalue weighted by Crippen LogP contribution is -1.96. The molecule has 90 valence electrons. The number of ether oxygens (including phenoxy) is 1. The smallest absolute Gasteiger partial charge is 0.140 e. The number of hydrogen-bond acceptors (Lipinski definition) is 3. The summed E-state index contributed by atoms with van der Waals surface area (Å²) in [7, 11) is 1.70. The molecular weight excluding hydrogens is 254 g/mol. The number of benzene rings is 1. The molecule has 1 heterocycles. The first-order valence-electron chi connectivity index (χ1n) is 5.30. The average Bonchev–Trinajstić information content (AvgIpc) is 2.70. The minimum atomic E-state index is 0.553. The molecule has 0 saturated heterocycles. The predicted octanol–water partition coefficient (Wildman–Crippen LogP) is 4.40. The Bertz CT molecular complexity index is 563. The quantitative estimate of drug-likeness (QED) is 0.805. The number of rotatable bonds is 2. The van der Waals surface area contributed by atoms with Crippen molar-refractivity contribution in [2.75, 3.05) is 7.11 Å². The Hall–Kier alpha value is -1.06. The summed E-state index contributed by atoms with van der Waals surface area (Å²) in [4.78, 5) is 4.34. The summed E-state index contributed by atoms with van der Waals surface area (Å²) in [5, 5.41) is 3.38. The van der Waals surface area contributed by atoms with Crippen molar-refractivity contribution in [2.45, 2.75) is 20.8 Å². The molecule has 0 bridgehead atoms. The molecule has 4 heteroatoms. The number of halogens is 1. The molecule has 0 aliphatic heterocycles. The van der Waals surface area contributed by atoms with Crippen LogP contribution in [0.4, 0.5) is 0 Å². The van der Waals surface area contributed by atoms with Crippen molar-refractivity contribution in [3.8, 4) is 16.3 Å². The van der Waals surface area contributed by atoms with Gasteiger partial charge in [-0.25, -0.2) is 4.98 Å². The van der Waals surface area contributed by atoms with Crippen molar-refractivity contribution in [1.82, 2.24) is 4.98 Å². The third kappa shape index (κ3) is 2.17. The summed E-state index contributed by atoms with van der Waals surface area (Å²) < 4.78 is 5.36. The molecule has 0 radical (unpaired) electrons. The zero-order valence-corrected chi connectivity index (χ0v) is 11.9. The summed E-state index contributed by atoms with van der Waals surface area (Å²) in [6.45, 7) is 6.22. The molecule has 0 unspecified atom stereocenters. The molecule has 0 amide bonds. The fourth-order valence-corrected chi connectivity index (χ4v) is 3.07. The van der Waals surface area contributed by atoms with Gasteiger partial charge >= 0.3 is 0 Å². The van der Waals surface area contributed by atoms with E-state index in [2.05, 4.69) is 25.8 Å². The van der Waals surface area contributed by atoms with Crippen molar-refractivity contribution in [3.63, 3.8) is 0 Å². The van der Waals surface area contributed by atoms with Gasteiger partial charge < -0.3 is 4.74 Å². The monoisotopic (exact) mass is 267 g/mol. The zero-order valence-electron chi connectivity index (χ0n) is 10.3. The molecule has 0 atom stereocenters. The molecule has 0 aliphatic carbocycles. The van der Waals surface area contributed by atoms with Gasteiger partial charge in [0.15, 0.2) is 0 Å². The van der Waals surface area contributed by atoms with E-state index in [1.165, 1.54) is 11.1 Å². The second-order valence-electron chi connectivity index (χ2n) is 4.00. The maximum absolute atomic E-state index is 5.89. The summed E-state index contributed by atoms with van der Waals surface area (Å²) in [6.07, 6.45) is 0. The van der Waals surface area contributed by atoms with Crippen molar-refractivity contribution in [1.29, 1.82) is 0 Å². The Morgan fingerprint density at radius 2 is 1.94 bits per heavy atom. The predicted molar refractivity (Wildman–Crippen MR) is 73.3 cm³/mol. The Morgan fingerprint density at radius 1 is 1.24 bits per heavy atom. The van der Waals surface area contributed by atoms with Crippen molar-refractivity contribution < 1.29 is 4.74 Å². The standard InChI is InChI=1S/C13H14ClNOS/c1-7-5-10(16-4)8(2)9(3)12(7)13-15-11(14)6-17-13/h5-6H,1-4H3. The molecular formula is C13H14ClNOS. The van der Waals surface area contributed by atoms with Crippen LogP contribution in [0.2, 0.25) is 5.15 Å². The van der Waals surface area contributed by atoms with Gasteiger partial charge in [-0.15, -0.1) is 11.3 Å². The number of aryl methyl sites for hydroxylation is 1. The van der Waals surface area contributed by atoms with Gasteiger partial charge in [-0.2, -0.15) is 0 Å². The Balaban J connectivity index is 2.66. The fourth-order valence-electron chi connectivity index (χ4n) is 1.96. The van der Waals surface area contributed by atoms with Crippen LogP contribution in [0.15, 0.2) is 11.4 Å². The van der Waals surface area contributed by atoms with Gasteiger partial charge in [-0.1, -0.05) is 11.6 Å². The third-order valence-electron chi connectivity index (χ3n) is 2.96. The van der Waals surface area contributed by atoms with E-state index in [0.717, 1.165) is 21.9 Å². The van der Waals surface area contributed by atoms with Gasteiger partial charge in [0.2, 0.25) is 0 Å². The van der Waals surface area contributed by atoms with Gasteiger partial charge in [0.1, 0.15) is 15.9 Å². The lowest BCUT2D eigenvalue weighted by atomic mass is 9.98. The van der Waals surface area contributed by atoms with Crippen LogP contribution in [0.3, 0.4) is 0 Å². The Labute approximate surface area is 110 Å². The van der Waals surface area contributed by atoms with Gasteiger partial charge in [-0.3, -0.25) is 0 Å². The molecule has 2 nitrogen and oxygen atoms in total. The van der Waals surface area contributed by atoms with Crippen molar-refractivity contribution in [2.24, 2.45) is 0 Å². The molecule has 2 rings (SSSR count). The second kappa shape index (κ2) is 4.67. The van der Waals surface area contributed by atoms with E-state index in [4.69, 9.17) is 16.3 Å². The number of thiazole rings is 1. The molecule has 0 spiro atoms. The van der Waals surface area contributed by atoms with Crippen LogP contribution in [-0.2, 0) is 0 Å². The van der Waals surface area contributed by atoms with E-state index in [0.29, 0.717) is 5.15 Å². The first-order valence-corrected chi connectivity index (χ1v) is 6.56. The number of aromatic nitrogens is 1. The fraction of sp³-hybridized carbons (Fsp3) is 0.308. The summed E-state index contributed by atoms with van der Waals surface area (Å²) in [5.74, 6) is 0.923. The number of methoxy groups -OCH3 is 1. The van der Waals surface area contributed by atoms with Crippen LogP contribution in [0.5, 0.6) is 5.75 Å². The zero-order chi connectivity index (χ0) is 12.6. The summed E-state index contributed by atoms with van der Waals surface area (Å²) in [6, 6.07) is 2.05. The maximum atomic E-state index is 5.89. The van der Waals surface area contributed by atoms with Crippen LogP contribution in [-0.4, -0.2) is 12.1 Å². The lowest BCUT2D eigenvalue weighted by Gasteiger charge is -2.14. The first-order chi connectivity index (χ1) is 8.04. The lowest BCUT2D eigenvalue weighted by molar-refractivity contribution is 0.411. The van der Waals surface area contributed by atoms with Crippen LogP contribution in [0, 0.1) is 20.8 Å². The highest BCUT2D eigenvalue weighted by atomic mass is 35.5. The van der Waals surface area contributed by atoms with Crippen molar-refractivity contribution >= 4 is 22.9 Å². The van der Waals surface area contributed by atoms with Gasteiger partial charge in [-0.05, 0) is 43.5 Å². The highest BCUT2D eigenvalue weighted by Crippen LogP contribution is 2.36. The van der Waals surface area contributed by atoms with Gasteiger partial charge in [0.25, 0.3) is 0 Å². The molecule has 0 aliphatic rings. The molecule has 0 N–H and O–H groups in total. The summed E-state index contributed by atoms with van der Waals surface area (Å²) in [5.41, 5.74) is 4.68. The SMILES string of the molecule is COc1cc(C)c(-c2nc(Cl)cs2)c(C)c1C. The van der Waals surface area contributed by atoms with E-state index in [1.54, 1.807) is 18.4 Å². The minimum absolute atomic E-state index is 0.553. The Morgan fingerprint density at radius 3 is 2.47 bits per heavy atom. The van der Waals surface area contributed by atoms with E-state index in [1.807, 2.05) is 11.4 Å². The average molecular weight is 268 g/mol. The normalized spacial score (nSPS) is 10.6. The molecule has 0 saturated carbocycles. The number of nitrogens with zero attached hydrogens (tertiary/aromatic N) is 1. The van der Waals surface area contributed by atoms with Crippen LogP contribution >= 0.6 is 22.9 Å². The molecule has 17 heavy (non-hydrogen) atoms. The maximum Gasteiger partial charge on any atom is 0.140 e. The van der Waals surface area contributed by atoms with E-state index >= 15 is 0 Å². The Kier molecular flexibility index (Phi) is 3.40. The van der Waals surface area contributed by atoms with E-state index < -0.39 is 0 Å². The van der Waals surface area contributed by atoms with Crippen LogP contribution in [0.25, 0.3) is 10.6 Å². The largest absolute Gasteiger partial charge is 0.496 e. The first kappa shape index (κ1) is 12.4. The van der Waals surface area contributed by atoms with Crippen molar-refractivity contribution in [3.05, 3.63) is 33.3 Å². The topological polar surface area (TPSA) is 22.1 Å². The third-order valence-corrected chi connectivity index (χ3v) is 4.14. The van der Waals surface area contributed by atoms with E-state index in [-0.39, 0.29) is 0 Å². The van der Waals surface area contributed by atoms with Crippen LogP contribution in [0.1, 0.15) is 16.7 Å². The highest BCUT2D eigenvalue weighted by Gasteiger charge is 2.14. The summed E-state index contributed by atoms with van der Waals surface area (Å²) >= 11 is 7.46. The van der Waals surface area contributed by atoms with Gasteiger partial charge in [0.05, 0.1) is 7.11 Å². The van der Waals surface area contributed by atoms with E-state index in [9.17, 15) is 0 Å². The second-order valence-corrected chi connectivity index (χ2v) is 5.24. The molecule has 1 aromatic heterocycles. The minimum Gasteiger partial charge on any atom is -0.496 e. The number of hydrogen-bond donors (Lipinski definition) is 0.